The van der Waals surface area contributed by atoms with Crippen molar-refractivity contribution in [1.82, 2.24) is 15.5 Å². The molecular weight excluding hydrogens is 210 g/mol. The van der Waals surface area contributed by atoms with Gasteiger partial charge in [0.25, 0.3) is 0 Å². The van der Waals surface area contributed by atoms with Crippen molar-refractivity contribution < 1.29 is 14.3 Å². The van der Waals surface area contributed by atoms with Gasteiger partial charge in [0.2, 0.25) is 11.8 Å². The lowest BCUT2D eigenvalue weighted by atomic mass is 10.3. The van der Waals surface area contributed by atoms with Gasteiger partial charge in [-0.1, -0.05) is 0 Å². The predicted octanol–water partition coefficient (Wildman–Crippen LogP) is -1.18. The normalized spacial score (nSPS) is 9.94. The lowest BCUT2D eigenvalue weighted by Gasteiger charge is -2.16. The maximum Gasteiger partial charge on any atom is 0.239 e. The van der Waals surface area contributed by atoms with Crippen molar-refractivity contribution in [3.63, 3.8) is 0 Å². The molecular formula is C10H21N3O3. The minimum atomic E-state index is -0.169. The summed E-state index contributed by atoms with van der Waals surface area (Å²) in [5, 5.41) is 5.54. The minimum Gasteiger partial charge on any atom is -0.383 e. The zero-order valence-corrected chi connectivity index (χ0v) is 10.2. The Balaban J connectivity index is 3.71. The van der Waals surface area contributed by atoms with Gasteiger partial charge in [-0.3, -0.25) is 9.59 Å². The monoisotopic (exact) mass is 231 g/mol. The van der Waals surface area contributed by atoms with Crippen molar-refractivity contribution in [2.24, 2.45) is 0 Å². The van der Waals surface area contributed by atoms with Crippen LogP contribution in [-0.2, 0) is 14.3 Å². The molecule has 0 aromatic heterocycles. The standard InChI is InChI=1S/C10H21N3O3/c1-11-5-4-10(15)13(2)8-9(14)12-6-7-16-3/h11H,4-8H2,1-3H3,(H,12,14). The van der Waals surface area contributed by atoms with Gasteiger partial charge in [0.05, 0.1) is 13.2 Å². The van der Waals surface area contributed by atoms with Crippen molar-refractivity contribution in [3.05, 3.63) is 0 Å². The Kier molecular flexibility index (Phi) is 8.46. The third-order valence-corrected chi connectivity index (χ3v) is 2.02. The molecule has 6 heteroatoms. The zero-order chi connectivity index (χ0) is 12.4. The van der Waals surface area contributed by atoms with Crippen molar-refractivity contribution >= 4 is 11.8 Å². The maximum atomic E-state index is 11.4. The number of methoxy groups -OCH3 is 1. The van der Waals surface area contributed by atoms with E-state index >= 15 is 0 Å². The second kappa shape index (κ2) is 9.11. The van der Waals surface area contributed by atoms with Crippen molar-refractivity contribution in [1.29, 1.82) is 0 Å². The Labute approximate surface area is 96.3 Å². The third kappa shape index (κ3) is 7.19. The summed E-state index contributed by atoms with van der Waals surface area (Å²) < 4.78 is 4.79. The smallest absolute Gasteiger partial charge is 0.239 e. The maximum absolute atomic E-state index is 11.4. The molecule has 0 bridgehead atoms. The Bertz CT molecular complexity index is 221. The van der Waals surface area contributed by atoms with Crippen LogP contribution in [0.1, 0.15) is 6.42 Å². The van der Waals surface area contributed by atoms with Crippen LogP contribution < -0.4 is 10.6 Å². The molecule has 0 unspecified atom stereocenters. The molecule has 2 N–H and O–H groups in total. The molecule has 2 amide bonds. The fraction of sp³-hybridized carbons (Fsp3) is 0.800. The van der Waals surface area contributed by atoms with Crippen LogP contribution in [0.25, 0.3) is 0 Å². The molecule has 6 nitrogen and oxygen atoms in total. The van der Waals surface area contributed by atoms with E-state index in [0.717, 1.165) is 0 Å². The van der Waals surface area contributed by atoms with Gasteiger partial charge >= 0.3 is 0 Å². The van der Waals surface area contributed by atoms with Crippen LogP contribution in [0.3, 0.4) is 0 Å². The number of rotatable bonds is 8. The summed E-state index contributed by atoms with van der Waals surface area (Å²) in [5.74, 6) is -0.214. The molecule has 0 aliphatic carbocycles. The molecule has 0 aromatic rings. The number of ether oxygens (including phenoxy) is 1. The number of carbonyl (C=O) groups excluding carboxylic acids is 2. The quantitative estimate of drug-likeness (QED) is 0.516. The van der Waals surface area contributed by atoms with Gasteiger partial charge in [-0.05, 0) is 7.05 Å². The Hall–Kier alpha value is -1.14. The van der Waals surface area contributed by atoms with E-state index in [1.165, 1.54) is 4.90 Å². The Morgan fingerprint density at radius 2 is 2.00 bits per heavy atom. The van der Waals surface area contributed by atoms with Crippen LogP contribution in [0.5, 0.6) is 0 Å². The molecule has 0 radical (unpaired) electrons. The Morgan fingerprint density at radius 1 is 1.31 bits per heavy atom. The number of hydrogen-bond acceptors (Lipinski definition) is 4. The highest BCUT2D eigenvalue weighted by molar-refractivity contribution is 5.84. The van der Waals surface area contributed by atoms with Crippen LogP contribution in [-0.4, -0.2) is 64.2 Å². The van der Waals surface area contributed by atoms with Gasteiger partial charge in [-0.25, -0.2) is 0 Å². The first-order valence-corrected chi connectivity index (χ1v) is 5.26. The van der Waals surface area contributed by atoms with Gasteiger partial charge in [-0.15, -0.1) is 0 Å². The molecule has 0 rings (SSSR count). The van der Waals surface area contributed by atoms with E-state index in [2.05, 4.69) is 10.6 Å². The van der Waals surface area contributed by atoms with E-state index in [1.807, 2.05) is 0 Å². The second-order valence-corrected chi connectivity index (χ2v) is 3.45. The van der Waals surface area contributed by atoms with E-state index in [4.69, 9.17) is 4.74 Å². The first-order chi connectivity index (χ1) is 7.61. The predicted molar refractivity (Wildman–Crippen MR) is 61.1 cm³/mol. The van der Waals surface area contributed by atoms with Gasteiger partial charge in [0.1, 0.15) is 0 Å². The summed E-state index contributed by atoms with van der Waals surface area (Å²) in [6.45, 7) is 1.65. The molecule has 0 spiro atoms. The number of nitrogens with zero attached hydrogens (tertiary/aromatic N) is 1. The molecule has 0 saturated heterocycles. The largest absolute Gasteiger partial charge is 0.383 e. The van der Waals surface area contributed by atoms with E-state index in [-0.39, 0.29) is 18.4 Å². The van der Waals surface area contributed by atoms with Gasteiger partial charge in [0, 0.05) is 33.7 Å². The molecule has 0 heterocycles. The van der Waals surface area contributed by atoms with E-state index in [1.54, 1.807) is 21.2 Å². The highest BCUT2D eigenvalue weighted by Crippen LogP contribution is 1.89. The number of nitrogens with one attached hydrogen (secondary N) is 2. The fourth-order valence-electron chi connectivity index (χ4n) is 1.07. The zero-order valence-electron chi connectivity index (χ0n) is 10.2. The second-order valence-electron chi connectivity index (χ2n) is 3.45. The highest BCUT2D eigenvalue weighted by atomic mass is 16.5. The van der Waals surface area contributed by atoms with E-state index in [9.17, 15) is 9.59 Å². The summed E-state index contributed by atoms with van der Waals surface area (Å²) >= 11 is 0. The van der Waals surface area contributed by atoms with Crippen molar-refractivity contribution in [2.45, 2.75) is 6.42 Å². The van der Waals surface area contributed by atoms with Gasteiger partial charge in [-0.2, -0.15) is 0 Å². The lowest BCUT2D eigenvalue weighted by molar-refractivity contribution is -0.134. The van der Waals surface area contributed by atoms with Gasteiger partial charge < -0.3 is 20.3 Å². The van der Waals surface area contributed by atoms with Crippen molar-refractivity contribution in [3.8, 4) is 0 Å². The highest BCUT2D eigenvalue weighted by Gasteiger charge is 2.11. The van der Waals surface area contributed by atoms with Crippen LogP contribution in [0.2, 0.25) is 0 Å². The molecule has 0 aromatic carbocycles. The first kappa shape index (κ1) is 14.9. The molecule has 0 fully saturated rings. The average molecular weight is 231 g/mol. The van der Waals surface area contributed by atoms with Crippen molar-refractivity contribution in [2.75, 3.05) is 47.4 Å². The summed E-state index contributed by atoms with van der Waals surface area (Å²) in [4.78, 5) is 24.2. The summed E-state index contributed by atoms with van der Waals surface area (Å²) in [7, 11) is 4.97. The molecule has 0 saturated carbocycles. The topological polar surface area (TPSA) is 70.7 Å². The summed E-state index contributed by atoms with van der Waals surface area (Å²) in [6.07, 6.45) is 0.401. The fourth-order valence-corrected chi connectivity index (χ4v) is 1.07. The van der Waals surface area contributed by atoms with Crippen LogP contribution in [0, 0.1) is 0 Å². The number of likely N-dealkylation sites (N-methyl/N-ethyl adjacent to an activating group) is 1. The Morgan fingerprint density at radius 3 is 2.56 bits per heavy atom. The molecule has 0 aliphatic rings. The molecule has 94 valence electrons. The van der Waals surface area contributed by atoms with Crippen LogP contribution >= 0.6 is 0 Å². The van der Waals surface area contributed by atoms with Crippen LogP contribution in [0.15, 0.2) is 0 Å². The number of amides is 2. The number of hydrogen-bond donors (Lipinski definition) is 2. The van der Waals surface area contributed by atoms with E-state index in [0.29, 0.717) is 26.1 Å². The average Bonchev–Trinajstić information content (AvgIpc) is 2.26. The summed E-state index contributed by atoms with van der Waals surface area (Å²) in [5.41, 5.74) is 0. The van der Waals surface area contributed by atoms with Gasteiger partial charge in [0.15, 0.2) is 0 Å². The summed E-state index contributed by atoms with van der Waals surface area (Å²) in [6, 6.07) is 0. The molecule has 16 heavy (non-hydrogen) atoms. The first-order valence-electron chi connectivity index (χ1n) is 5.26. The third-order valence-electron chi connectivity index (χ3n) is 2.02. The molecule has 0 aliphatic heterocycles. The number of carbonyl (C=O) groups is 2. The minimum absolute atomic E-state index is 0.0451. The molecule has 0 atom stereocenters. The SMILES string of the molecule is CNCCC(=O)N(C)CC(=O)NCCOC. The van der Waals surface area contributed by atoms with E-state index < -0.39 is 0 Å². The lowest BCUT2D eigenvalue weighted by Crippen LogP contribution is -2.40. The van der Waals surface area contributed by atoms with Crippen LogP contribution in [0.4, 0.5) is 0 Å².